The van der Waals surface area contributed by atoms with Gasteiger partial charge in [-0.05, 0) is 12.1 Å². The molecule has 0 heterocycles. The molecule has 0 bridgehead atoms. The van der Waals surface area contributed by atoms with E-state index in [9.17, 15) is 8.78 Å². The molecule has 13 heavy (non-hydrogen) atoms. The predicted molar refractivity (Wildman–Crippen MR) is 50.4 cm³/mol. The molecule has 1 rings (SSSR count). The number of rotatable bonds is 3. The average molecular weight is 207 g/mol. The molecule has 0 atom stereocenters. The number of nitrogen functional groups attached to an aromatic ring is 1. The number of halogens is 3. The van der Waals surface area contributed by atoms with Crippen LogP contribution in [0.3, 0.4) is 0 Å². The van der Waals surface area contributed by atoms with Crippen LogP contribution in [0.25, 0.3) is 0 Å². The number of benzene rings is 1. The molecule has 0 aliphatic heterocycles. The quantitative estimate of drug-likeness (QED) is 0.746. The Morgan fingerprint density at radius 3 is 2.77 bits per heavy atom. The Morgan fingerprint density at radius 1 is 1.46 bits per heavy atom. The van der Waals surface area contributed by atoms with E-state index in [4.69, 9.17) is 17.3 Å². The summed E-state index contributed by atoms with van der Waals surface area (Å²) in [6, 6.07) is 4.85. The summed E-state index contributed by atoms with van der Waals surface area (Å²) in [6.07, 6.45) is -2.40. The van der Waals surface area contributed by atoms with Gasteiger partial charge in [0.05, 0.1) is 22.9 Å². The van der Waals surface area contributed by atoms with E-state index in [0.717, 1.165) is 0 Å². The number of alkyl halides is 2. The highest BCUT2D eigenvalue weighted by atomic mass is 35.5. The lowest BCUT2D eigenvalue weighted by Crippen LogP contribution is -2.11. The van der Waals surface area contributed by atoms with Gasteiger partial charge in [-0.25, -0.2) is 8.78 Å². The molecule has 0 spiro atoms. The van der Waals surface area contributed by atoms with Gasteiger partial charge in [0.1, 0.15) is 0 Å². The van der Waals surface area contributed by atoms with Crippen LogP contribution >= 0.6 is 11.6 Å². The monoisotopic (exact) mass is 206 g/mol. The lowest BCUT2D eigenvalue weighted by molar-refractivity contribution is 0.163. The van der Waals surface area contributed by atoms with Gasteiger partial charge in [-0.15, -0.1) is 0 Å². The lowest BCUT2D eigenvalue weighted by atomic mass is 10.2. The van der Waals surface area contributed by atoms with Crippen LogP contribution in [0.5, 0.6) is 0 Å². The first kappa shape index (κ1) is 10.1. The first-order chi connectivity index (χ1) is 6.11. The van der Waals surface area contributed by atoms with E-state index in [1.54, 1.807) is 18.2 Å². The predicted octanol–water partition coefficient (Wildman–Crippen LogP) is 2.60. The minimum absolute atomic E-state index is 0.296. The summed E-state index contributed by atoms with van der Waals surface area (Å²) >= 11 is 5.68. The van der Waals surface area contributed by atoms with E-state index in [1.807, 2.05) is 0 Å². The van der Waals surface area contributed by atoms with Crippen molar-refractivity contribution in [2.45, 2.75) is 6.43 Å². The molecule has 0 unspecified atom stereocenters. The van der Waals surface area contributed by atoms with Crippen molar-refractivity contribution in [1.82, 2.24) is 0 Å². The van der Waals surface area contributed by atoms with E-state index >= 15 is 0 Å². The van der Waals surface area contributed by atoms with Crippen LogP contribution < -0.4 is 11.1 Å². The van der Waals surface area contributed by atoms with Gasteiger partial charge in [-0.3, -0.25) is 0 Å². The van der Waals surface area contributed by atoms with Crippen LogP contribution in [0.2, 0.25) is 5.02 Å². The highest BCUT2D eigenvalue weighted by Gasteiger charge is 2.05. The van der Waals surface area contributed by atoms with Crippen molar-refractivity contribution in [3.63, 3.8) is 0 Å². The molecular weight excluding hydrogens is 198 g/mol. The third-order valence-electron chi connectivity index (χ3n) is 1.50. The second-order valence-electron chi connectivity index (χ2n) is 2.47. The van der Waals surface area contributed by atoms with Crippen molar-refractivity contribution < 1.29 is 8.78 Å². The largest absolute Gasteiger partial charge is 0.396 e. The SMILES string of the molecule is Nc1c(Cl)cccc1NCC(F)F. The molecule has 0 amide bonds. The summed E-state index contributed by atoms with van der Waals surface area (Å²) in [5, 5.41) is 2.85. The molecule has 72 valence electrons. The summed E-state index contributed by atoms with van der Waals surface area (Å²) in [5.74, 6) is 0. The molecule has 1 aromatic rings. The molecule has 0 saturated heterocycles. The smallest absolute Gasteiger partial charge is 0.255 e. The van der Waals surface area contributed by atoms with Crippen molar-refractivity contribution in [2.75, 3.05) is 17.6 Å². The second-order valence-corrected chi connectivity index (χ2v) is 2.88. The Kier molecular flexibility index (Phi) is 3.31. The van der Waals surface area contributed by atoms with Gasteiger partial charge in [0.25, 0.3) is 6.43 Å². The third kappa shape index (κ3) is 2.73. The minimum Gasteiger partial charge on any atom is -0.396 e. The van der Waals surface area contributed by atoms with E-state index in [-0.39, 0.29) is 0 Å². The topological polar surface area (TPSA) is 38.0 Å². The van der Waals surface area contributed by atoms with Crippen LogP contribution in [0.4, 0.5) is 20.2 Å². The molecule has 1 aromatic carbocycles. The maximum atomic E-state index is 11.8. The molecule has 0 fully saturated rings. The zero-order valence-electron chi connectivity index (χ0n) is 6.73. The van der Waals surface area contributed by atoms with Gasteiger partial charge < -0.3 is 11.1 Å². The van der Waals surface area contributed by atoms with Crippen molar-refractivity contribution in [1.29, 1.82) is 0 Å². The van der Waals surface area contributed by atoms with Gasteiger partial charge in [0, 0.05) is 0 Å². The molecule has 0 aliphatic carbocycles. The highest BCUT2D eigenvalue weighted by molar-refractivity contribution is 6.33. The maximum Gasteiger partial charge on any atom is 0.255 e. The van der Waals surface area contributed by atoms with Crippen molar-refractivity contribution >= 4 is 23.0 Å². The van der Waals surface area contributed by atoms with Crippen LogP contribution in [0, 0.1) is 0 Å². The Balaban J connectivity index is 2.71. The molecule has 5 heteroatoms. The zero-order valence-corrected chi connectivity index (χ0v) is 7.48. The number of para-hydroxylation sites is 1. The summed E-state index contributed by atoms with van der Waals surface area (Å²) in [4.78, 5) is 0. The fourth-order valence-corrected chi connectivity index (χ4v) is 1.05. The van der Waals surface area contributed by atoms with Gasteiger partial charge in [-0.2, -0.15) is 0 Å². The van der Waals surface area contributed by atoms with E-state index in [0.29, 0.717) is 16.4 Å². The van der Waals surface area contributed by atoms with E-state index in [2.05, 4.69) is 5.32 Å². The van der Waals surface area contributed by atoms with Gasteiger partial charge in [0.2, 0.25) is 0 Å². The van der Waals surface area contributed by atoms with Crippen LogP contribution in [-0.2, 0) is 0 Å². The molecule has 0 aliphatic rings. The van der Waals surface area contributed by atoms with Crippen LogP contribution in [0.15, 0.2) is 18.2 Å². The second kappa shape index (κ2) is 4.28. The van der Waals surface area contributed by atoms with Gasteiger partial charge in [-0.1, -0.05) is 17.7 Å². The number of hydrogen-bond acceptors (Lipinski definition) is 2. The van der Waals surface area contributed by atoms with Crippen molar-refractivity contribution in [3.8, 4) is 0 Å². The standard InChI is InChI=1S/C8H9ClF2N2/c9-5-2-1-3-6(8(5)12)13-4-7(10)11/h1-3,7,13H,4,12H2. The molecule has 2 nitrogen and oxygen atoms in total. The van der Waals surface area contributed by atoms with E-state index < -0.39 is 13.0 Å². The highest BCUT2D eigenvalue weighted by Crippen LogP contribution is 2.26. The molecule has 0 aromatic heterocycles. The van der Waals surface area contributed by atoms with Crippen LogP contribution in [-0.4, -0.2) is 13.0 Å². The Labute approximate surface area is 79.7 Å². The Morgan fingerprint density at radius 2 is 2.15 bits per heavy atom. The van der Waals surface area contributed by atoms with Crippen molar-refractivity contribution in [3.05, 3.63) is 23.2 Å². The zero-order chi connectivity index (χ0) is 9.84. The number of anilines is 2. The Bertz CT molecular complexity index is 291. The summed E-state index contributed by atoms with van der Waals surface area (Å²) in [6.45, 7) is -0.426. The number of nitrogens with two attached hydrogens (primary N) is 1. The molecule has 0 saturated carbocycles. The minimum atomic E-state index is -2.40. The lowest BCUT2D eigenvalue weighted by Gasteiger charge is -2.09. The van der Waals surface area contributed by atoms with Crippen LogP contribution in [0.1, 0.15) is 0 Å². The molecular formula is C8H9ClF2N2. The number of nitrogens with one attached hydrogen (secondary N) is 1. The summed E-state index contributed by atoms with van der Waals surface area (Å²) in [5.41, 5.74) is 6.26. The number of hydrogen-bond donors (Lipinski definition) is 2. The summed E-state index contributed by atoms with van der Waals surface area (Å²) < 4.78 is 23.6. The Hall–Kier alpha value is -1.03. The third-order valence-corrected chi connectivity index (χ3v) is 1.83. The maximum absolute atomic E-state index is 11.8. The first-order valence-corrected chi connectivity index (χ1v) is 4.05. The fourth-order valence-electron chi connectivity index (χ4n) is 0.878. The van der Waals surface area contributed by atoms with Crippen molar-refractivity contribution in [2.24, 2.45) is 0 Å². The molecule has 0 radical (unpaired) electrons. The average Bonchev–Trinajstić information content (AvgIpc) is 2.07. The van der Waals surface area contributed by atoms with Gasteiger partial charge >= 0.3 is 0 Å². The van der Waals surface area contributed by atoms with E-state index in [1.165, 1.54) is 0 Å². The normalized spacial score (nSPS) is 10.5. The summed E-state index contributed by atoms with van der Waals surface area (Å²) in [7, 11) is 0. The first-order valence-electron chi connectivity index (χ1n) is 3.67. The molecule has 3 N–H and O–H groups in total. The van der Waals surface area contributed by atoms with Gasteiger partial charge in [0.15, 0.2) is 0 Å². The fraction of sp³-hybridized carbons (Fsp3) is 0.250.